The van der Waals surface area contributed by atoms with Crippen LogP contribution in [0.2, 0.25) is 0 Å². The fourth-order valence-electron chi connectivity index (χ4n) is 4.30. The zero-order valence-electron chi connectivity index (χ0n) is 16.6. The highest BCUT2D eigenvalue weighted by Gasteiger charge is 2.38. The van der Waals surface area contributed by atoms with Crippen molar-refractivity contribution in [3.8, 4) is 17.3 Å². The quantitative estimate of drug-likeness (QED) is 0.680. The topological polar surface area (TPSA) is 85.1 Å². The van der Waals surface area contributed by atoms with E-state index in [0.717, 1.165) is 37.8 Å². The summed E-state index contributed by atoms with van der Waals surface area (Å²) >= 11 is 0. The number of halogens is 1. The standard InChI is InChI=1S/C23H19FN6O/c24-16-10-17(13-26-12-16)27-23(31)30-18-5-3-9-29(14-18)21-8-7-20(28-22(21)30)19-6-2-1-4-15(19)11-25/h1-2,4,6-8,10,12-13,18H,3,5,9,14H2,(H,27,31)/t18-/m0/s1. The first kappa shape index (κ1) is 19.0. The lowest BCUT2D eigenvalue weighted by Crippen LogP contribution is -2.56. The number of urea groups is 1. The van der Waals surface area contributed by atoms with Gasteiger partial charge in [0.25, 0.3) is 0 Å². The number of amides is 2. The number of fused-ring (bicyclic) bond motifs is 4. The molecule has 1 atom stereocenters. The number of nitrogens with one attached hydrogen (secondary N) is 1. The van der Waals surface area contributed by atoms with Crippen LogP contribution in [-0.4, -0.2) is 35.1 Å². The van der Waals surface area contributed by atoms with E-state index in [1.54, 1.807) is 11.0 Å². The average Bonchev–Trinajstić information content (AvgIpc) is 2.79. The Kier molecular flexibility index (Phi) is 4.71. The zero-order valence-corrected chi connectivity index (χ0v) is 16.6. The van der Waals surface area contributed by atoms with Gasteiger partial charge in [0.2, 0.25) is 0 Å². The maximum Gasteiger partial charge on any atom is 0.327 e. The van der Waals surface area contributed by atoms with E-state index < -0.39 is 5.82 Å². The zero-order chi connectivity index (χ0) is 21.4. The molecule has 0 saturated carbocycles. The van der Waals surface area contributed by atoms with Crippen molar-refractivity contribution in [3.05, 3.63) is 66.2 Å². The molecule has 7 nitrogen and oxygen atoms in total. The van der Waals surface area contributed by atoms with Gasteiger partial charge in [0.15, 0.2) is 5.82 Å². The molecule has 5 rings (SSSR count). The molecular weight excluding hydrogens is 395 g/mol. The first-order valence-corrected chi connectivity index (χ1v) is 10.1. The van der Waals surface area contributed by atoms with Crippen LogP contribution in [0.1, 0.15) is 18.4 Å². The molecule has 0 radical (unpaired) electrons. The van der Waals surface area contributed by atoms with Crippen molar-refractivity contribution in [1.29, 1.82) is 5.26 Å². The molecule has 2 aliphatic rings. The molecule has 1 fully saturated rings. The van der Waals surface area contributed by atoms with E-state index in [1.807, 2.05) is 30.3 Å². The summed E-state index contributed by atoms with van der Waals surface area (Å²) in [6.45, 7) is 1.63. The van der Waals surface area contributed by atoms with Crippen LogP contribution in [0.25, 0.3) is 11.3 Å². The first-order valence-electron chi connectivity index (χ1n) is 10.1. The summed E-state index contributed by atoms with van der Waals surface area (Å²) in [5.41, 5.74) is 3.03. The van der Waals surface area contributed by atoms with Crippen LogP contribution in [-0.2, 0) is 0 Å². The molecule has 1 N–H and O–H groups in total. The number of nitriles is 1. The highest BCUT2D eigenvalue weighted by molar-refractivity contribution is 6.04. The monoisotopic (exact) mass is 414 g/mol. The molecule has 2 bridgehead atoms. The molecule has 1 aromatic carbocycles. The number of rotatable bonds is 2. The number of pyridine rings is 2. The van der Waals surface area contributed by atoms with Crippen molar-refractivity contribution < 1.29 is 9.18 Å². The number of carbonyl (C=O) groups excluding carboxylic acids is 1. The number of piperidine rings is 1. The molecule has 154 valence electrons. The number of carbonyl (C=O) groups is 1. The normalized spacial score (nSPS) is 17.0. The van der Waals surface area contributed by atoms with Crippen molar-refractivity contribution in [2.45, 2.75) is 18.9 Å². The Morgan fingerprint density at radius 2 is 2.10 bits per heavy atom. The minimum Gasteiger partial charge on any atom is -0.366 e. The first-order chi connectivity index (χ1) is 15.1. The maximum absolute atomic E-state index is 13.5. The van der Waals surface area contributed by atoms with Gasteiger partial charge in [-0.15, -0.1) is 0 Å². The summed E-state index contributed by atoms with van der Waals surface area (Å²) < 4.78 is 13.5. The summed E-state index contributed by atoms with van der Waals surface area (Å²) in [5, 5.41) is 12.2. The molecule has 0 unspecified atom stereocenters. The van der Waals surface area contributed by atoms with Crippen LogP contribution in [0.15, 0.2) is 54.9 Å². The van der Waals surface area contributed by atoms with Gasteiger partial charge in [0, 0.05) is 24.7 Å². The maximum atomic E-state index is 13.5. The second kappa shape index (κ2) is 7.69. The molecule has 2 amide bonds. The number of benzene rings is 1. The SMILES string of the molecule is N#Cc1ccccc1-c1ccc2c(n1)N(C(=O)Nc1cncc(F)c1)[C@H]1CCCN2C1. The van der Waals surface area contributed by atoms with E-state index in [4.69, 9.17) is 4.98 Å². The molecule has 3 aromatic rings. The molecule has 1 saturated heterocycles. The van der Waals surface area contributed by atoms with Crippen LogP contribution in [0.3, 0.4) is 0 Å². The van der Waals surface area contributed by atoms with E-state index in [2.05, 4.69) is 21.3 Å². The number of nitrogens with zero attached hydrogens (tertiary/aromatic N) is 5. The van der Waals surface area contributed by atoms with Gasteiger partial charge in [-0.05, 0) is 31.0 Å². The van der Waals surface area contributed by atoms with E-state index in [9.17, 15) is 14.4 Å². The number of hydrogen-bond donors (Lipinski definition) is 1. The summed E-state index contributed by atoms with van der Waals surface area (Å²) in [4.78, 5) is 25.8. The Bertz CT molecular complexity index is 1210. The Morgan fingerprint density at radius 3 is 2.94 bits per heavy atom. The van der Waals surface area contributed by atoms with Crippen LogP contribution in [0.5, 0.6) is 0 Å². The van der Waals surface area contributed by atoms with Crippen molar-refractivity contribution in [3.63, 3.8) is 0 Å². The third-order valence-electron chi connectivity index (χ3n) is 5.68. The predicted molar refractivity (Wildman–Crippen MR) is 115 cm³/mol. The van der Waals surface area contributed by atoms with Crippen LogP contribution < -0.4 is 15.1 Å². The van der Waals surface area contributed by atoms with E-state index in [0.29, 0.717) is 22.6 Å². The van der Waals surface area contributed by atoms with Gasteiger partial charge in [-0.2, -0.15) is 5.26 Å². The van der Waals surface area contributed by atoms with Gasteiger partial charge in [-0.1, -0.05) is 18.2 Å². The second-order valence-electron chi connectivity index (χ2n) is 7.63. The smallest absolute Gasteiger partial charge is 0.327 e. The fraction of sp³-hybridized carbons (Fsp3) is 0.217. The summed E-state index contributed by atoms with van der Waals surface area (Å²) in [6.07, 6.45) is 4.32. The summed E-state index contributed by atoms with van der Waals surface area (Å²) in [7, 11) is 0. The molecule has 31 heavy (non-hydrogen) atoms. The average molecular weight is 414 g/mol. The fourth-order valence-corrected chi connectivity index (χ4v) is 4.30. The van der Waals surface area contributed by atoms with Crippen LogP contribution >= 0.6 is 0 Å². The lowest BCUT2D eigenvalue weighted by atomic mass is 9.99. The van der Waals surface area contributed by atoms with Crippen LogP contribution in [0, 0.1) is 17.1 Å². The number of aromatic nitrogens is 2. The van der Waals surface area contributed by atoms with E-state index in [1.165, 1.54) is 12.3 Å². The Morgan fingerprint density at radius 1 is 1.23 bits per heavy atom. The minimum atomic E-state index is -0.519. The van der Waals surface area contributed by atoms with Gasteiger partial charge in [0.1, 0.15) is 5.82 Å². The molecule has 0 spiro atoms. The lowest BCUT2D eigenvalue weighted by molar-refractivity contribution is 0.252. The molecular formula is C23H19FN6O. The minimum absolute atomic E-state index is 0.0447. The second-order valence-corrected chi connectivity index (χ2v) is 7.63. The van der Waals surface area contributed by atoms with Gasteiger partial charge < -0.3 is 10.2 Å². The molecule has 4 heterocycles. The van der Waals surface area contributed by atoms with Gasteiger partial charge >= 0.3 is 6.03 Å². The van der Waals surface area contributed by atoms with E-state index >= 15 is 0 Å². The van der Waals surface area contributed by atoms with Gasteiger partial charge in [-0.3, -0.25) is 9.88 Å². The summed E-state index contributed by atoms with van der Waals surface area (Å²) in [5.74, 6) is 0.0252. The highest BCUT2D eigenvalue weighted by atomic mass is 19.1. The Labute approximate surface area is 178 Å². The predicted octanol–water partition coefficient (Wildman–Crippen LogP) is 4.18. The van der Waals surface area contributed by atoms with E-state index in [-0.39, 0.29) is 17.8 Å². The Balaban J connectivity index is 1.57. The third kappa shape index (κ3) is 3.44. The largest absolute Gasteiger partial charge is 0.366 e. The lowest BCUT2D eigenvalue weighted by Gasteiger charge is -2.45. The molecule has 2 aliphatic heterocycles. The number of anilines is 3. The molecule has 8 heteroatoms. The highest BCUT2D eigenvalue weighted by Crippen LogP contribution is 2.40. The van der Waals surface area contributed by atoms with Gasteiger partial charge in [-0.25, -0.2) is 14.2 Å². The van der Waals surface area contributed by atoms with Crippen molar-refractivity contribution in [1.82, 2.24) is 9.97 Å². The van der Waals surface area contributed by atoms with Crippen molar-refractivity contribution in [2.24, 2.45) is 0 Å². The van der Waals surface area contributed by atoms with Crippen molar-refractivity contribution in [2.75, 3.05) is 28.2 Å². The third-order valence-corrected chi connectivity index (χ3v) is 5.68. The number of hydrogen-bond acceptors (Lipinski definition) is 5. The molecule has 2 aromatic heterocycles. The van der Waals surface area contributed by atoms with Gasteiger partial charge in [0.05, 0.1) is 47.1 Å². The van der Waals surface area contributed by atoms with Crippen molar-refractivity contribution >= 4 is 23.2 Å². The molecule has 0 aliphatic carbocycles. The summed E-state index contributed by atoms with van der Waals surface area (Å²) in [6, 6.07) is 14.1. The Hall–Kier alpha value is -3.99. The van der Waals surface area contributed by atoms with Crippen LogP contribution in [0.4, 0.5) is 26.4 Å².